The highest BCUT2D eigenvalue weighted by molar-refractivity contribution is 7.97. The number of fused-ring (bicyclic) bond motifs is 2. The maximum atomic E-state index is 12.7. The summed E-state index contributed by atoms with van der Waals surface area (Å²) in [4.78, 5) is 50.8. The molecule has 0 N–H and O–H groups in total. The predicted molar refractivity (Wildman–Crippen MR) is 100 cm³/mol. The smallest absolute Gasteiger partial charge is 0.268 e. The first kappa shape index (κ1) is 17.5. The van der Waals surface area contributed by atoms with Crippen molar-refractivity contribution in [1.29, 1.82) is 0 Å². The van der Waals surface area contributed by atoms with Gasteiger partial charge in [0.1, 0.15) is 0 Å². The number of benzene rings is 2. The third-order valence-electron chi connectivity index (χ3n) is 5.09. The van der Waals surface area contributed by atoms with Crippen LogP contribution in [-0.4, -0.2) is 32.2 Å². The molecule has 6 nitrogen and oxygen atoms in total. The van der Waals surface area contributed by atoms with Gasteiger partial charge >= 0.3 is 0 Å². The van der Waals surface area contributed by atoms with Crippen LogP contribution in [0.2, 0.25) is 0 Å². The van der Waals surface area contributed by atoms with E-state index >= 15 is 0 Å². The van der Waals surface area contributed by atoms with E-state index in [2.05, 4.69) is 0 Å². The van der Waals surface area contributed by atoms with Crippen molar-refractivity contribution in [2.75, 3.05) is 0 Å². The molecule has 0 unspecified atom stereocenters. The van der Waals surface area contributed by atoms with Gasteiger partial charge in [-0.25, -0.2) is 0 Å². The van der Waals surface area contributed by atoms with Crippen molar-refractivity contribution in [2.45, 2.75) is 27.7 Å². The summed E-state index contributed by atoms with van der Waals surface area (Å²) in [6.07, 6.45) is 0. The molecule has 2 aliphatic heterocycles. The first-order valence-corrected chi connectivity index (χ1v) is 9.12. The van der Waals surface area contributed by atoms with Crippen LogP contribution < -0.4 is 0 Å². The SMILES string of the molecule is Cc1cc2c(cc1C)C(=O)N(SN1C(=O)c3cc(C)c(C)cc3C1=O)C2=O. The zero-order valence-electron chi connectivity index (χ0n) is 15.2. The number of hydrogen-bond donors (Lipinski definition) is 0. The zero-order valence-corrected chi connectivity index (χ0v) is 16.1. The molecule has 136 valence electrons. The number of nitrogens with zero attached hydrogens (tertiary/aromatic N) is 2. The van der Waals surface area contributed by atoms with Crippen LogP contribution in [0, 0.1) is 27.7 Å². The summed E-state index contributed by atoms with van der Waals surface area (Å²) in [5.41, 5.74) is 4.75. The highest BCUT2D eigenvalue weighted by Gasteiger charge is 2.44. The molecule has 2 aromatic carbocycles. The van der Waals surface area contributed by atoms with Crippen molar-refractivity contribution in [3.8, 4) is 0 Å². The minimum Gasteiger partial charge on any atom is -0.268 e. The molecule has 2 heterocycles. The van der Waals surface area contributed by atoms with Crippen molar-refractivity contribution in [3.63, 3.8) is 0 Å². The highest BCUT2D eigenvalue weighted by atomic mass is 32.2. The van der Waals surface area contributed by atoms with Crippen LogP contribution >= 0.6 is 12.1 Å². The minimum atomic E-state index is -0.521. The van der Waals surface area contributed by atoms with Crippen LogP contribution in [0.1, 0.15) is 63.7 Å². The van der Waals surface area contributed by atoms with Crippen LogP contribution in [0.5, 0.6) is 0 Å². The summed E-state index contributed by atoms with van der Waals surface area (Å²) in [5, 5.41) is 0. The Hall–Kier alpha value is -2.93. The molecule has 0 radical (unpaired) electrons. The highest BCUT2D eigenvalue weighted by Crippen LogP contribution is 2.36. The molecule has 0 saturated carbocycles. The molecule has 0 fully saturated rings. The maximum absolute atomic E-state index is 12.7. The number of carbonyl (C=O) groups excluding carboxylic acids is 4. The van der Waals surface area contributed by atoms with E-state index in [1.165, 1.54) is 0 Å². The molecule has 0 spiro atoms. The molecule has 2 aromatic rings. The van der Waals surface area contributed by atoms with Crippen LogP contribution in [0.4, 0.5) is 0 Å². The lowest BCUT2D eigenvalue weighted by molar-refractivity contribution is 0.0753. The van der Waals surface area contributed by atoms with Gasteiger partial charge in [0.15, 0.2) is 0 Å². The van der Waals surface area contributed by atoms with Gasteiger partial charge in [-0.1, -0.05) is 0 Å². The Balaban J connectivity index is 1.68. The Labute approximate surface area is 160 Å². The van der Waals surface area contributed by atoms with E-state index in [1.54, 1.807) is 24.3 Å². The van der Waals surface area contributed by atoms with E-state index in [9.17, 15) is 19.2 Å². The Morgan fingerprint density at radius 3 is 0.963 bits per heavy atom. The Kier molecular flexibility index (Phi) is 3.75. The van der Waals surface area contributed by atoms with Crippen molar-refractivity contribution in [1.82, 2.24) is 8.61 Å². The van der Waals surface area contributed by atoms with Gasteiger partial charge in [-0.2, -0.15) is 8.61 Å². The summed E-state index contributed by atoms with van der Waals surface area (Å²) in [7, 11) is 0. The summed E-state index contributed by atoms with van der Waals surface area (Å²) in [6.45, 7) is 7.44. The van der Waals surface area contributed by atoms with Crippen molar-refractivity contribution in [2.24, 2.45) is 0 Å². The first-order chi connectivity index (χ1) is 12.7. The van der Waals surface area contributed by atoms with Gasteiger partial charge in [0.05, 0.1) is 34.4 Å². The largest absolute Gasteiger partial charge is 0.273 e. The molecule has 7 heteroatoms. The summed E-state index contributed by atoms with van der Waals surface area (Å²) in [5.74, 6) is -2.09. The van der Waals surface area contributed by atoms with Gasteiger partial charge in [0.2, 0.25) is 0 Å². The monoisotopic (exact) mass is 380 g/mol. The van der Waals surface area contributed by atoms with Crippen molar-refractivity contribution < 1.29 is 19.2 Å². The molecular weight excluding hydrogens is 364 g/mol. The van der Waals surface area contributed by atoms with Gasteiger partial charge in [-0.3, -0.25) is 19.2 Å². The predicted octanol–water partition coefficient (Wildman–Crippen LogP) is 3.38. The second-order valence-corrected chi connectivity index (χ2v) is 7.75. The van der Waals surface area contributed by atoms with Gasteiger partial charge in [0.25, 0.3) is 23.6 Å². The summed E-state index contributed by atoms with van der Waals surface area (Å²) >= 11 is 0.552. The van der Waals surface area contributed by atoms with Crippen LogP contribution in [0.25, 0.3) is 0 Å². The zero-order chi connectivity index (χ0) is 19.6. The summed E-state index contributed by atoms with van der Waals surface area (Å²) < 4.78 is 1.76. The van der Waals surface area contributed by atoms with Crippen LogP contribution in [0.15, 0.2) is 24.3 Å². The van der Waals surface area contributed by atoms with E-state index in [0.717, 1.165) is 30.9 Å². The van der Waals surface area contributed by atoms with Crippen molar-refractivity contribution >= 4 is 35.8 Å². The Bertz CT molecular complexity index is 922. The lowest BCUT2D eigenvalue weighted by Crippen LogP contribution is -2.32. The van der Waals surface area contributed by atoms with Gasteiger partial charge in [-0.05, 0) is 74.2 Å². The maximum Gasteiger partial charge on any atom is 0.273 e. The normalized spacial score (nSPS) is 15.7. The second kappa shape index (κ2) is 5.79. The van der Waals surface area contributed by atoms with E-state index in [4.69, 9.17) is 0 Å². The molecule has 4 amide bonds. The molecule has 2 aliphatic rings. The average Bonchev–Trinajstić information content (AvgIpc) is 2.97. The van der Waals surface area contributed by atoms with Crippen molar-refractivity contribution in [3.05, 3.63) is 68.8 Å². The molecule has 27 heavy (non-hydrogen) atoms. The standard InChI is InChI=1S/C20H16N2O4S/c1-9-5-13-14(6-10(9)2)18(24)21(17(13)23)27-22-19(25)15-7-11(3)12(4)8-16(15)20(22)26/h5-8H,1-4H3. The third kappa shape index (κ3) is 2.42. The number of carbonyl (C=O) groups is 4. The quantitative estimate of drug-likeness (QED) is 0.590. The van der Waals surface area contributed by atoms with Gasteiger partial charge < -0.3 is 0 Å². The fourth-order valence-electron chi connectivity index (χ4n) is 3.19. The fourth-order valence-corrected chi connectivity index (χ4v) is 4.05. The average molecular weight is 380 g/mol. The topological polar surface area (TPSA) is 74.8 Å². The van der Waals surface area contributed by atoms with E-state index < -0.39 is 23.6 Å². The minimum absolute atomic E-state index is 0.291. The molecule has 0 aromatic heterocycles. The van der Waals surface area contributed by atoms with Crippen LogP contribution in [0.3, 0.4) is 0 Å². The van der Waals surface area contributed by atoms with E-state index in [0.29, 0.717) is 34.4 Å². The second-order valence-electron chi connectivity index (χ2n) is 6.86. The molecule has 0 saturated heterocycles. The Morgan fingerprint density at radius 1 is 0.519 bits per heavy atom. The lowest BCUT2D eigenvalue weighted by atomic mass is 10.0. The lowest BCUT2D eigenvalue weighted by Gasteiger charge is -2.18. The Morgan fingerprint density at radius 2 is 0.741 bits per heavy atom. The molecule has 4 rings (SSSR count). The number of amides is 4. The first-order valence-electron chi connectivity index (χ1n) is 8.39. The molecular formula is C20H16N2O4S. The molecule has 0 bridgehead atoms. The number of hydrogen-bond acceptors (Lipinski definition) is 5. The van der Waals surface area contributed by atoms with E-state index in [-0.39, 0.29) is 0 Å². The molecule has 0 atom stereocenters. The number of imide groups is 2. The summed E-state index contributed by atoms with van der Waals surface area (Å²) in [6, 6.07) is 6.67. The fraction of sp³-hybridized carbons (Fsp3) is 0.200. The van der Waals surface area contributed by atoms with Crippen LogP contribution in [-0.2, 0) is 0 Å². The number of aryl methyl sites for hydroxylation is 4. The number of rotatable bonds is 2. The third-order valence-corrected chi connectivity index (χ3v) is 6.08. The van der Waals surface area contributed by atoms with Gasteiger partial charge in [0, 0.05) is 0 Å². The molecule has 0 aliphatic carbocycles. The van der Waals surface area contributed by atoms with E-state index in [1.807, 2.05) is 27.7 Å². The van der Waals surface area contributed by atoms with Gasteiger partial charge in [-0.15, -0.1) is 0 Å².